The second-order valence-corrected chi connectivity index (χ2v) is 6.08. The van der Waals surface area contributed by atoms with Crippen LogP contribution < -0.4 is 5.32 Å². The van der Waals surface area contributed by atoms with Crippen molar-refractivity contribution >= 4 is 32.8 Å². The zero-order chi connectivity index (χ0) is 14.1. The number of hydrogen-bond donors (Lipinski definition) is 2. The molecule has 0 spiro atoms. The van der Waals surface area contributed by atoms with Gasteiger partial charge in [-0.2, -0.15) is 5.10 Å². The lowest BCUT2D eigenvalue weighted by atomic mass is 10.0. The highest BCUT2D eigenvalue weighted by Gasteiger charge is 2.23. The maximum Gasteiger partial charge on any atom is 0.164 e. The van der Waals surface area contributed by atoms with Gasteiger partial charge in [0.25, 0.3) is 0 Å². The number of aryl methyl sites for hydroxylation is 1. The number of hydrogen-bond acceptors (Lipinski definition) is 5. The summed E-state index contributed by atoms with van der Waals surface area (Å²) in [6.45, 7) is 0.512. The summed E-state index contributed by atoms with van der Waals surface area (Å²) in [4.78, 5) is 8.49. The van der Waals surface area contributed by atoms with Gasteiger partial charge in [-0.1, -0.05) is 12.8 Å². The Labute approximate surface area is 125 Å². The number of nitrogens with zero attached hydrogens (tertiary/aromatic N) is 4. The molecule has 0 radical (unpaired) electrons. The lowest BCUT2D eigenvalue weighted by Crippen LogP contribution is -2.27. The Morgan fingerprint density at radius 1 is 1.45 bits per heavy atom. The van der Waals surface area contributed by atoms with E-state index in [1.54, 1.807) is 4.68 Å². The fraction of sp³-hybridized carbons (Fsp3) is 0.615. The van der Waals surface area contributed by atoms with Crippen LogP contribution >= 0.6 is 15.9 Å². The van der Waals surface area contributed by atoms with Gasteiger partial charge in [-0.15, -0.1) is 0 Å². The molecule has 6 nitrogen and oxygen atoms in total. The van der Waals surface area contributed by atoms with E-state index in [0.717, 1.165) is 23.9 Å². The topological polar surface area (TPSA) is 75.9 Å². The van der Waals surface area contributed by atoms with E-state index in [9.17, 15) is 5.11 Å². The number of nitrogens with one attached hydrogen (secondary N) is 1. The molecule has 1 aliphatic carbocycles. The number of aliphatic hydroxyl groups is 1. The Morgan fingerprint density at radius 3 is 2.95 bits per heavy atom. The molecule has 1 aliphatic rings. The van der Waals surface area contributed by atoms with Crippen LogP contribution in [0.15, 0.2) is 10.9 Å². The minimum absolute atomic E-state index is 0.321. The van der Waals surface area contributed by atoms with E-state index in [-0.39, 0.29) is 6.10 Å². The Balaban J connectivity index is 1.77. The fourth-order valence-corrected chi connectivity index (χ4v) is 3.49. The van der Waals surface area contributed by atoms with Crippen LogP contribution in [0.4, 0.5) is 5.82 Å². The third-order valence-electron chi connectivity index (χ3n) is 4.00. The van der Waals surface area contributed by atoms with Gasteiger partial charge < -0.3 is 10.4 Å². The highest BCUT2D eigenvalue weighted by molar-refractivity contribution is 9.10. The summed E-state index contributed by atoms with van der Waals surface area (Å²) in [6.07, 6.45) is 5.90. The van der Waals surface area contributed by atoms with Crippen LogP contribution in [-0.2, 0) is 7.05 Å². The summed E-state index contributed by atoms with van der Waals surface area (Å²) in [7, 11) is 1.84. The molecule has 0 bridgehead atoms. The zero-order valence-corrected chi connectivity index (χ0v) is 13.0. The summed E-state index contributed by atoms with van der Waals surface area (Å²) >= 11 is 3.43. The normalized spacial score (nSPS) is 17.8. The Morgan fingerprint density at radius 2 is 2.20 bits per heavy atom. The van der Waals surface area contributed by atoms with Crippen molar-refractivity contribution in [2.24, 2.45) is 13.0 Å². The molecule has 1 fully saturated rings. The van der Waals surface area contributed by atoms with Crippen LogP contribution in [0.3, 0.4) is 0 Å². The van der Waals surface area contributed by atoms with E-state index in [2.05, 4.69) is 36.3 Å². The van der Waals surface area contributed by atoms with E-state index < -0.39 is 0 Å². The Hall–Kier alpha value is -1.21. The first-order valence-corrected chi connectivity index (χ1v) is 7.71. The largest absolute Gasteiger partial charge is 0.391 e. The van der Waals surface area contributed by atoms with Crippen LogP contribution in [0.5, 0.6) is 0 Å². The molecule has 0 aromatic carbocycles. The van der Waals surface area contributed by atoms with Crippen molar-refractivity contribution < 1.29 is 5.11 Å². The van der Waals surface area contributed by atoms with Gasteiger partial charge >= 0.3 is 0 Å². The van der Waals surface area contributed by atoms with E-state index in [4.69, 9.17) is 0 Å². The Kier molecular flexibility index (Phi) is 3.89. The summed E-state index contributed by atoms with van der Waals surface area (Å²) in [5.41, 5.74) is 0.768. The number of anilines is 1. The van der Waals surface area contributed by atoms with E-state index in [1.807, 2.05) is 7.05 Å². The van der Waals surface area contributed by atoms with Crippen molar-refractivity contribution in [3.8, 4) is 0 Å². The second-order valence-electron chi connectivity index (χ2n) is 5.33. The molecular formula is C13H18BrN5O. The molecule has 1 saturated carbocycles. The first-order chi connectivity index (χ1) is 9.66. The second kappa shape index (κ2) is 5.65. The SMILES string of the molecule is Cn1nc(Br)c2c(NCC(O)C3CCCC3)ncnc21. The molecule has 2 aromatic heterocycles. The first kappa shape index (κ1) is 13.8. The van der Waals surface area contributed by atoms with E-state index in [1.165, 1.54) is 19.2 Å². The van der Waals surface area contributed by atoms with Gasteiger partial charge in [0.05, 0.1) is 11.5 Å². The molecule has 2 heterocycles. The fourth-order valence-electron chi connectivity index (χ4n) is 2.88. The summed E-state index contributed by atoms with van der Waals surface area (Å²) in [6, 6.07) is 0. The molecule has 0 amide bonds. The zero-order valence-electron chi connectivity index (χ0n) is 11.4. The molecule has 0 saturated heterocycles. The number of rotatable bonds is 4. The molecule has 1 atom stereocenters. The van der Waals surface area contributed by atoms with Crippen LogP contribution in [0.2, 0.25) is 0 Å². The van der Waals surface area contributed by atoms with Gasteiger partial charge in [-0.05, 0) is 34.7 Å². The number of halogens is 1. The molecule has 2 N–H and O–H groups in total. The molecular weight excluding hydrogens is 322 g/mol. The molecule has 3 rings (SSSR count). The molecule has 0 aliphatic heterocycles. The first-order valence-electron chi connectivity index (χ1n) is 6.92. The molecule has 1 unspecified atom stereocenters. The van der Waals surface area contributed by atoms with Crippen molar-refractivity contribution in [2.75, 3.05) is 11.9 Å². The van der Waals surface area contributed by atoms with Crippen molar-refractivity contribution in [2.45, 2.75) is 31.8 Å². The van der Waals surface area contributed by atoms with Crippen LogP contribution in [0, 0.1) is 5.92 Å². The molecule has 108 valence electrons. The maximum atomic E-state index is 10.2. The van der Waals surface area contributed by atoms with Crippen LogP contribution in [-0.4, -0.2) is 37.5 Å². The van der Waals surface area contributed by atoms with Gasteiger partial charge in [0.1, 0.15) is 16.7 Å². The quantitative estimate of drug-likeness (QED) is 0.891. The van der Waals surface area contributed by atoms with Crippen molar-refractivity contribution in [3.05, 3.63) is 10.9 Å². The lowest BCUT2D eigenvalue weighted by Gasteiger charge is -2.18. The third kappa shape index (κ3) is 2.52. The number of aliphatic hydroxyl groups excluding tert-OH is 1. The molecule has 20 heavy (non-hydrogen) atoms. The number of fused-ring (bicyclic) bond motifs is 1. The minimum Gasteiger partial charge on any atom is -0.391 e. The smallest absolute Gasteiger partial charge is 0.164 e. The minimum atomic E-state index is -0.321. The predicted molar refractivity (Wildman–Crippen MR) is 80.5 cm³/mol. The van der Waals surface area contributed by atoms with Gasteiger partial charge in [0.15, 0.2) is 5.65 Å². The van der Waals surface area contributed by atoms with Gasteiger partial charge in [0.2, 0.25) is 0 Å². The third-order valence-corrected chi connectivity index (χ3v) is 4.56. The van der Waals surface area contributed by atoms with Crippen LogP contribution in [0.25, 0.3) is 11.0 Å². The highest BCUT2D eigenvalue weighted by atomic mass is 79.9. The van der Waals surface area contributed by atoms with Gasteiger partial charge in [-0.25, -0.2) is 14.6 Å². The molecule has 2 aromatic rings. The lowest BCUT2D eigenvalue weighted by molar-refractivity contribution is 0.123. The average molecular weight is 340 g/mol. The highest BCUT2D eigenvalue weighted by Crippen LogP contribution is 2.29. The summed E-state index contributed by atoms with van der Waals surface area (Å²) < 4.78 is 2.42. The van der Waals surface area contributed by atoms with Gasteiger partial charge in [0, 0.05) is 13.6 Å². The Bertz CT molecular complexity index is 608. The monoisotopic (exact) mass is 339 g/mol. The van der Waals surface area contributed by atoms with E-state index >= 15 is 0 Å². The van der Waals surface area contributed by atoms with Gasteiger partial charge in [-0.3, -0.25) is 0 Å². The average Bonchev–Trinajstić information content (AvgIpc) is 3.06. The summed E-state index contributed by atoms with van der Waals surface area (Å²) in [5, 5.41) is 18.6. The maximum absolute atomic E-state index is 10.2. The van der Waals surface area contributed by atoms with Crippen molar-refractivity contribution in [1.82, 2.24) is 19.7 Å². The van der Waals surface area contributed by atoms with E-state index in [0.29, 0.717) is 22.9 Å². The predicted octanol–water partition coefficient (Wildman–Crippen LogP) is 2.09. The number of aromatic nitrogens is 4. The van der Waals surface area contributed by atoms with Crippen LogP contribution in [0.1, 0.15) is 25.7 Å². The standard InChI is InChI=1S/C13H18BrN5O/c1-19-13-10(11(14)18-19)12(16-7-17-13)15-6-9(20)8-4-2-3-5-8/h7-9,20H,2-6H2,1H3,(H,15,16,17). The summed E-state index contributed by atoms with van der Waals surface area (Å²) in [5.74, 6) is 1.13. The molecule has 7 heteroatoms. The van der Waals surface area contributed by atoms with Crippen molar-refractivity contribution in [1.29, 1.82) is 0 Å². The van der Waals surface area contributed by atoms with Crippen molar-refractivity contribution in [3.63, 3.8) is 0 Å².